The summed E-state index contributed by atoms with van der Waals surface area (Å²) in [6.07, 6.45) is 4.65. The molecule has 0 spiro atoms. The summed E-state index contributed by atoms with van der Waals surface area (Å²) in [5.41, 5.74) is -0.0861. The summed E-state index contributed by atoms with van der Waals surface area (Å²) in [6, 6.07) is 0. The van der Waals surface area contributed by atoms with Gasteiger partial charge in [-0.1, -0.05) is 20.8 Å². The highest BCUT2D eigenvalue weighted by Gasteiger charge is 2.40. The van der Waals surface area contributed by atoms with E-state index in [9.17, 15) is 4.79 Å². The van der Waals surface area contributed by atoms with Gasteiger partial charge in [0.1, 0.15) is 5.78 Å². The topological polar surface area (TPSA) is 29.5 Å². The lowest BCUT2D eigenvalue weighted by atomic mass is 9.89. The van der Waals surface area contributed by atoms with E-state index in [4.69, 9.17) is 4.74 Å². The second-order valence-corrected chi connectivity index (χ2v) is 6.50. The van der Waals surface area contributed by atoms with Gasteiger partial charge in [0.2, 0.25) is 0 Å². The molecular weight excluding hydrogens is 226 g/mol. The zero-order valence-electron chi connectivity index (χ0n) is 12.1. The lowest BCUT2D eigenvalue weighted by molar-refractivity contribution is -0.128. The molecule has 2 aliphatic rings. The van der Waals surface area contributed by atoms with Gasteiger partial charge in [0, 0.05) is 37.6 Å². The van der Waals surface area contributed by atoms with Crippen LogP contribution >= 0.6 is 0 Å². The average molecular weight is 253 g/mol. The van der Waals surface area contributed by atoms with Crippen LogP contribution < -0.4 is 0 Å². The van der Waals surface area contributed by atoms with Crippen LogP contribution in [0.25, 0.3) is 0 Å². The SMILES string of the molecule is CCC1CN(CC2CCC(C)(C)C2=O)CCCO1. The van der Waals surface area contributed by atoms with Crippen LogP contribution in [0.3, 0.4) is 0 Å². The Bertz CT molecular complexity index is 301. The van der Waals surface area contributed by atoms with Crippen molar-refractivity contribution in [3.05, 3.63) is 0 Å². The molecule has 2 fully saturated rings. The van der Waals surface area contributed by atoms with Crippen LogP contribution in [0.15, 0.2) is 0 Å². The van der Waals surface area contributed by atoms with Gasteiger partial charge in [-0.3, -0.25) is 9.69 Å². The van der Waals surface area contributed by atoms with Crippen LogP contribution in [0.5, 0.6) is 0 Å². The molecule has 1 saturated carbocycles. The van der Waals surface area contributed by atoms with Gasteiger partial charge in [-0.2, -0.15) is 0 Å². The first kappa shape index (κ1) is 14.0. The number of ether oxygens (including phenoxy) is 1. The maximum absolute atomic E-state index is 12.3. The Morgan fingerprint density at radius 2 is 2.22 bits per heavy atom. The summed E-state index contributed by atoms with van der Waals surface area (Å²) in [7, 11) is 0. The Morgan fingerprint density at radius 1 is 1.44 bits per heavy atom. The fourth-order valence-electron chi connectivity index (χ4n) is 3.21. The largest absolute Gasteiger partial charge is 0.377 e. The third-order valence-corrected chi connectivity index (χ3v) is 4.52. The van der Waals surface area contributed by atoms with Gasteiger partial charge in [0.05, 0.1) is 6.10 Å². The van der Waals surface area contributed by atoms with Crippen molar-refractivity contribution in [1.82, 2.24) is 4.90 Å². The minimum Gasteiger partial charge on any atom is -0.377 e. The highest BCUT2D eigenvalue weighted by molar-refractivity contribution is 5.88. The van der Waals surface area contributed by atoms with Crippen LogP contribution in [-0.2, 0) is 9.53 Å². The number of nitrogens with zero attached hydrogens (tertiary/aromatic N) is 1. The van der Waals surface area contributed by atoms with Gasteiger partial charge in [0.15, 0.2) is 0 Å². The number of rotatable bonds is 3. The molecule has 2 unspecified atom stereocenters. The molecule has 0 aromatic carbocycles. The number of carbonyl (C=O) groups excluding carboxylic acids is 1. The predicted octanol–water partition coefficient (Wildman–Crippen LogP) is 2.49. The van der Waals surface area contributed by atoms with E-state index in [1.165, 1.54) is 0 Å². The van der Waals surface area contributed by atoms with Crippen molar-refractivity contribution in [2.24, 2.45) is 11.3 Å². The summed E-state index contributed by atoms with van der Waals surface area (Å²) in [4.78, 5) is 14.7. The van der Waals surface area contributed by atoms with Crippen molar-refractivity contribution < 1.29 is 9.53 Å². The second-order valence-electron chi connectivity index (χ2n) is 6.50. The van der Waals surface area contributed by atoms with Crippen LogP contribution in [0, 0.1) is 11.3 Å². The third kappa shape index (κ3) is 3.12. The van der Waals surface area contributed by atoms with Gasteiger partial charge in [-0.15, -0.1) is 0 Å². The van der Waals surface area contributed by atoms with Gasteiger partial charge in [0.25, 0.3) is 0 Å². The fourth-order valence-corrected chi connectivity index (χ4v) is 3.21. The Balaban J connectivity index is 1.91. The lowest BCUT2D eigenvalue weighted by Crippen LogP contribution is -2.37. The van der Waals surface area contributed by atoms with Gasteiger partial charge in [-0.25, -0.2) is 0 Å². The quantitative estimate of drug-likeness (QED) is 0.774. The van der Waals surface area contributed by atoms with Crippen LogP contribution in [0.4, 0.5) is 0 Å². The molecule has 2 rings (SSSR count). The summed E-state index contributed by atoms with van der Waals surface area (Å²) in [5.74, 6) is 0.733. The first-order valence-corrected chi connectivity index (χ1v) is 7.41. The smallest absolute Gasteiger partial charge is 0.142 e. The Labute approximate surface area is 111 Å². The molecule has 1 heterocycles. The van der Waals surface area contributed by atoms with E-state index >= 15 is 0 Å². The molecule has 0 N–H and O–H groups in total. The number of carbonyl (C=O) groups is 1. The second kappa shape index (κ2) is 5.70. The molecule has 1 aliphatic carbocycles. The van der Waals surface area contributed by atoms with Crippen molar-refractivity contribution >= 4 is 5.78 Å². The molecule has 0 bridgehead atoms. The number of hydrogen-bond donors (Lipinski definition) is 0. The maximum Gasteiger partial charge on any atom is 0.142 e. The molecule has 18 heavy (non-hydrogen) atoms. The highest BCUT2D eigenvalue weighted by Crippen LogP contribution is 2.37. The number of hydrogen-bond acceptors (Lipinski definition) is 3. The van der Waals surface area contributed by atoms with E-state index in [2.05, 4.69) is 25.7 Å². The van der Waals surface area contributed by atoms with Crippen molar-refractivity contribution in [2.75, 3.05) is 26.2 Å². The molecule has 104 valence electrons. The molecule has 0 aromatic rings. The van der Waals surface area contributed by atoms with E-state index in [0.717, 1.165) is 51.9 Å². The first-order chi connectivity index (χ1) is 8.53. The first-order valence-electron chi connectivity index (χ1n) is 7.41. The molecule has 2 atom stereocenters. The fraction of sp³-hybridized carbons (Fsp3) is 0.933. The molecule has 1 aliphatic heterocycles. The standard InChI is InChI=1S/C15H27NO2/c1-4-13-11-16(8-5-9-18-13)10-12-6-7-15(2,3)14(12)17/h12-13H,4-11H2,1-3H3. The van der Waals surface area contributed by atoms with E-state index in [1.807, 2.05) is 0 Å². The molecule has 0 amide bonds. The molecular formula is C15H27NO2. The van der Waals surface area contributed by atoms with E-state index in [1.54, 1.807) is 0 Å². The summed E-state index contributed by atoms with van der Waals surface area (Å²) in [5, 5.41) is 0. The zero-order chi connectivity index (χ0) is 13.2. The molecule has 1 saturated heterocycles. The minimum absolute atomic E-state index is 0.0861. The average Bonchev–Trinajstić information content (AvgIpc) is 2.56. The van der Waals surface area contributed by atoms with Crippen molar-refractivity contribution in [1.29, 1.82) is 0 Å². The Morgan fingerprint density at radius 3 is 2.83 bits per heavy atom. The van der Waals surface area contributed by atoms with Gasteiger partial charge < -0.3 is 4.74 Å². The third-order valence-electron chi connectivity index (χ3n) is 4.52. The highest BCUT2D eigenvalue weighted by atomic mass is 16.5. The monoisotopic (exact) mass is 253 g/mol. The minimum atomic E-state index is -0.0861. The van der Waals surface area contributed by atoms with Gasteiger partial charge in [-0.05, 0) is 25.7 Å². The van der Waals surface area contributed by atoms with Crippen LogP contribution in [0.2, 0.25) is 0 Å². The van der Waals surface area contributed by atoms with E-state index in [-0.39, 0.29) is 11.3 Å². The molecule has 0 aromatic heterocycles. The van der Waals surface area contributed by atoms with Crippen molar-refractivity contribution in [3.8, 4) is 0 Å². The Hall–Kier alpha value is -0.410. The normalized spacial score (nSPS) is 33.6. The maximum atomic E-state index is 12.3. The van der Waals surface area contributed by atoms with Crippen LogP contribution in [0.1, 0.15) is 46.5 Å². The van der Waals surface area contributed by atoms with Crippen molar-refractivity contribution in [3.63, 3.8) is 0 Å². The summed E-state index contributed by atoms with van der Waals surface area (Å²) >= 11 is 0. The number of Topliss-reactive ketones (excluding diaryl/α,β-unsaturated/α-hetero) is 1. The van der Waals surface area contributed by atoms with E-state index < -0.39 is 0 Å². The summed E-state index contributed by atoms with van der Waals surface area (Å²) < 4.78 is 5.79. The van der Waals surface area contributed by atoms with Gasteiger partial charge >= 0.3 is 0 Å². The molecule has 3 heteroatoms. The molecule has 3 nitrogen and oxygen atoms in total. The summed E-state index contributed by atoms with van der Waals surface area (Å²) in [6.45, 7) is 10.3. The lowest BCUT2D eigenvalue weighted by Gasteiger charge is -2.26. The van der Waals surface area contributed by atoms with E-state index in [0.29, 0.717) is 11.9 Å². The zero-order valence-corrected chi connectivity index (χ0v) is 12.1. The Kier molecular flexibility index (Phi) is 4.44. The van der Waals surface area contributed by atoms with Crippen LogP contribution in [-0.4, -0.2) is 43.0 Å². The molecule has 0 radical (unpaired) electrons. The number of ketones is 1. The van der Waals surface area contributed by atoms with Crippen molar-refractivity contribution in [2.45, 2.75) is 52.6 Å². The predicted molar refractivity (Wildman–Crippen MR) is 72.6 cm³/mol.